The van der Waals surface area contributed by atoms with E-state index in [0.717, 1.165) is 31.5 Å². The molecule has 0 radical (unpaired) electrons. The van der Waals surface area contributed by atoms with Crippen LogP contribution < -0.4 is 0 Å². The number of carboxylic acid groups (broad SMARTS) is 1. The first-order valence-electron chi connectivity index (χ1n) is 5.60. The Morgan fingerprint density at radius 1 is 1.44 bits per heavy atom. The van der Waals surface area contributed by atoms with Crippen molar-refractivity contribution in [1.82, 2.24) is 20.2 Å². The van der Waals surface area contributed by atoms with Gasteiger partial charge in [-0.05, 0) is 23.3 Å². The lowest BCUT2D eigenvalue weighted by Gasteiger charge is -2.31. The van der Waals surface area contributed by atoms with E-state index < -0.39 is 5.97 Å². The summed E-state index contributed by atoms with van der Waals surface area (Å²) in [5.74, 6) is -0.192. The van der Waals surface area contributed by atoms with Crippen molar-refractivity contribution in [1.29, 1.82) is 0 Å². The number of hydrogen-bond donors (Lipinski definition) is 1. The van der Waals surface area contributed by atoms with Crippen molar-refractivity contribution in [2.45, 2.75) is 51.0 Å². The summed E-state index contributed by atoms with van der Waals surface area (Å²) in [6.45, 7) is 1.97. The van der Waals surface area contributed by atoms with Gasteiger partial charge in [-0.15, -0.1) is 5.10 Å². The zero-order valence-corrected chi connectivity index (χ0v) is 9.39. The van der Waals surface area contributed by atoms with Gasteiger partial charge in [0.1, 0.15) is 6.54 Å². The summed E-state index contributed by atoms with van der Waals surface area (Å²) in [5, 5.41) is 20.1. The van der Waals surface area contributed by atoms with Crippen molar-refractivity contribution >= 4 is 5.97 Å². The Morgan fingerprint density at radius 2 is 2.12 bits per heavy atom. The molecular formula is C10H16N4O2. The summed E-state index contributed by atoms with van der Waals surface area (Å²) < 4.78 is 1.41. The molecule has 1 aromatic rings. The zero-order valence-electron chi connectivity index (χ0n) is 9.39. The minimum atomic E-state index is -0.909. The smallest absolute Gasteiger partial charge is 0.325 e. The Morgan fingerprint density at radius 3 is 2.75 bits per heavy atom. The van der Waals surface area contributed by atoms with Gasteiger partial charge >= 0.3 is 5.97 Å². The van der Waals surface area contributed by atoms with E-state index >= 15 is 0 Å². The fourth-order valence-corrected chi connectivity index (χ4v) is 2.43. The SMILES string of the molecule is CC1(c2nnnn2CC(=O)O)CCCCC1. The first-order valence-corrected chi connectivity index (χ1v) is 5.60. The van der Waals surface area contributed by atoms with E-state index in [0.29, 0.717) is 0 Å². The molecule has 0 aromatic carbocycles. The quantitative estimate of drug-likeness (QED) is 0.827. The normalized spacial score (nSPS) is 19.6. The third-order valence-corrected chi connectivity index (χ3v) is 3.31. The molecule has 0 unspecified atom stereocenters. The summed E-state index contributed by atoms with van der Waals surface area (Å²) in [4.78, 5) is 10.7. The lowest BCUT2D eigenvalue weighted by atomic mass is 9.75. The first-order chi connectivity index (χ1) is 7.62. The van der Waals surface area contributed by atoms with Gasteiger partial charge in [0.2, 0.25) is 0 Å². The topological polar surface area (TPSA) is 80.9 Å². The number of aliphatic carboxylic acids is 1. The van der Waals surface area contributed by atoms with Crippen LogP contribution in [0.1, 0.15) is 44.9 Å². The Hall–Kier alpha value is -1.46. The molecule has 1 saturated carbocycles. The van der Waals surface area contributed by atoms with Crippen molar-refractivity contribution < 1.29 is 9.90 Å². The van der Waals surface area contributed by atoms with Crippen LogP contribution >= 0.6 is 0 Å². The largest absolute Gasteiger partial charge is 0.480 e. The monoisotopic (exact) mass is 224 g/mol. The molecule has 0 aliphatic heterocycles. The molecule has 1 aliphatic rings. The highest BCUT2D eigenvalue weighted by atomic mass is 16.4. The minimum absolute atomic E-state index is 0.0583. The van der Waals surface area contributed by atoms with Crippen LogP contribution in [0.5, 0.6) is 0 Å². The van der Waals surface area contributed by atoms with E-state index in [1.165, 1.54) is 11.1 Å². The predicted molar refractivity (Wildman–Crippen MR) is 55.9 cm³/mol. The minimum Gasteiger partial charge on any atom is -0.480 e. The fraction of sp³-hybridized carbons (Fsp3) is 0.800. The number of carbonyl (C=O) groups is 1. The molecule has 6 nitrogen and oxygen atoms in total. The maximum atomic E-state index is 10.7. The van der Waals surface area contributed by atoms with Crippen LogP contribution in [0.2, 0.25) is 0 Å². The molecule has 0 amide bonds. The van der Waals surface area contributed by atoms with E-state index in [-0.39, 0.29) is 12.0 Å². The second-order valence-corrected chi connectivity index (χ2v) is 4.68. The maximum Gasteiger partial charge on any atom is 0.325 e. The number of carboxylic acids is 1. The molecule has 0 atom stereocenters. The van der Waals surface area contributed by atoms with Gasteiger partial charge in [0.15, 0.2) is 5.82 Å². The molecule has 88 valence electrons. The van der Waals surface area contributed by atoms with Gasteiger partial charge in [-0.3, -0.25) is 4.79 Å². The van der Waals surface area contributed by atoms with E-state index in [9.17, 15) is 4.79 Å². The highest BCUT2D eigenvalue weighted by Gasteiger charge is 2.34. The lowest BCUT2D eigenvalue weighted by molar-refractivity contribution is -0.138. The average Bonchev–Trinajstić information content (AvgIpc) is 2.66. The number of hydrogen-bond acceptors (Lipinski definition) is 4. The van der Waals surface area contributed by atoms with Gasteiger partial charge in [0.25, 0.3) is 0 Å². The molecule has 1 N–H and O–H groups in total. The third-order valence-electron chi connectivity index (χ3n) is 3.31. The van der Waals surface area contributed by atoms with E-state index in [4.69, 9.17) is 5.11 Å². The number of rotatable bonds is 3. The summed E-state index contributed by atoms with van der Waals surface area (Å²) in [6, 6.07) is 0. The average molecular weight is 224 g/mol. The maximum absolute atomic E-state index is 10.7. The molecule has 0 bridgehead atoms. The van der Waals surface area contributed by atoms with Crippen LogP contribution in [-0.4, -0.2) is 31.3 Å². The molecule has 1 heterocycles. The molecule has 1 aliphatic carbocycles. The Labute approximate surface area is 93.6 Å². The second-order valence-electron chi connectivity index (χ2n) is 4.68. The fourth-order valence-electron chi connectivity index (χ4n) is 2.43. The Balaban J connectivity index is 2.24. The number of tetrazole rings is 1. The van der Waals surface area contributed by atoms with Crippen LogP contribution in [-0.2, 0) is 16.8 Å². The molecular weight excluding hydrogens is 208 g/mol. The van der Waals surface area contributed by atoms with Gasteiger partial charge < -0.3 is 5.11 Å². The number of nitrogens with zero attached hydrogens (tertiary/aromatic N) is 4. The van der Waals surface area contributed by atoms with Gasteiger partial charge in [-0.1, -0.05) is 26.2 Å². The summed E-state index contributed by atoms with van der Waals surface area (Å²) >= 11 is 0. The van der Waals surface area contributed by atoms with Crippen LogP contribution in [0.15, 0.2) is 0 Å². The molecule has 6 heteroatoms. The molecule has 2 rings (SSSR count). The van der Waals surface area contributed by atoms with Gasteiger partial charge in [0.05, 0.1) is 0 Å². The molecule has 0 spiro atoms. The Kier molecular flexibility index (Phi) is 2.89. The van der Waals surface area contributed by atoms with Gasteiger partial charge in [-0.2, -0.15) is 0 Å². The molecule has 1 aromatic heterocycles. The highest BCUT2D eigenvalue weighted by Crippen LogP contribution is 2.37. The van der Waals surface area contributed by atoms with E-state index in [1.54, 1.807) is 0 Å². The lowest BCUT2D eigenvalue weighted by Crippen LogP contribution is -2.30. The van der Waals surface area contributed by atoms with Crippen molar-refractivity contribution in [3.63, 3.8) is 0 Å². The van der Waals surface area contributed by atoms with Crippen LogP contribution in [0.4, 0.5) is 0 Å². The van der Waals surface area contributed by atoms with Crippen molar-refractivity contribution in [2.24, 2.45) is 0 Å². The van der Waals surface area contributed by atoms with Crippen molar-refractivity contribution in [2.75, 3.05) is 0 Å². The zero-order chi connectivity index (χ0) is 11.6. The summed E-state index contributed by atoms with van der Waals surface area (Å²) in [7, 11) is 0. The Bertz CT molecular complexity index is 382. The summed E-state index contributed by atoms with van der Waals surface area (Å²) in [6.07, 6.45) is 5.64. The number of aromatic nitrogens is 4. The van der Waals surface area contributed by atoms with E-state index in [1.807, 2.05) is 0 Å². The highest BCUT2D eigenvalue weighted by molar-refractivity contribution is 5.66. The standard InChI is InChI=1S/C10H16N4O2/c1-10(5-3-2-4-6-10)9-11-12-13-14(9)7-8(15)16/h2-7H2,1H3,(H,15,16). The van der Waals surface area contributed by atoms with Crippen LogP contribution in [0.25, 0.3) is 0 Å². The van der Waals surface area contributed by atoms with Crippen molar-refractivity contribution in [3.8, 4) is 0 Å². The molecule has 1 fully saturated rings. The van der Waals surface area contributed by atoms with Gasteiger partial charge in [0, 0.05) is 5.41 Å². The third kappa shape index (κ3) is 2.05. The second kappa shape index (κ2) is 4.19. The predicted octanol–water partition coefficient (Wildman–Crippen LogP) is 0.979. The molecule has 16 heavy (non-hydrogen) atoms. The first kappa shape index (κ1) is 11.0. The van der Waals surface area contributed by atoms with Gasteiger partial charge in [-0.25, -0.2) is 4.68 Å². The molecule has 0 saturated heterocycles. The van der Waals surface area contributed by atoms with Crippen molar-refractivity contribution in [3.05, 3.63) is 5.82 Å². The van der Waals surface area contributed by atoms with Crippen LogP contribution in [0.3, 0.4) is 0 Å². The van der Waals surface area contributed by atoms with Crippen LogP contribution in [0, 0.1) is 0 Å². The van der Waals surface area contributed by atoms with E-state index in [2.05, 4.69) is 22.4 Å². The summed E-state index contributed by atoms with van der Waals surface area (Å²) in [5.41, 5.74) is -0.0583.